The van der Waals surface area contributed by atoms with Crippen molar-refractivity contribution in [1.82, 2.24) is 25.9 Å². The fourth-order valence-corrected chi connectivity index (χ4v) is 2.38. The van der Waals surface area contributed by atoms with Gasteiger partial charge in [-0.3, -0.25) is 4.79 Å². The Morgan fingerprint density at radius 1 is 1.45 bits per heavy atom. The van der Waals surface area contributed by atoms with E-state index in [1.807, 2.05) is 24.3 Å². The van der Waals surface area contributed by atoms with E-state index < -0.39 is 0 Å². The van der Waals surface area contributed by atoms with Crippen molar-refractivity contribution in [1.29, 1.82) is 0 Å². The lowest BCUT2D eigenvalue weighted by molar-refractivity contribution is -0.116. The third-order valence-electron chi connectivity index (χ3n) is 3.39. The van der Waals surface area contributed by atoms with Gasteiger partial charge in [0.05, 0.1) is 0 Å². The van der Waals surface area contributed by atoms with E-state index in [1.165, 1.54) is 0 Å². The highest BCUT2D eigenvalue weighted by Crippen LogP contribution is 2.19. The lowest BCUT2D eigenvalue weighted by atomic mass is 10.0. The predicted molar refractivity (Wildman–Crippen MR) is 73.8 cm³/mol. The molecule has 1 amide bonds. The van der Waals surface area contributed by atoms with Crippen LogP contribution in [0.3, 0.4) is 0 Å². The highest BCUT2D eigenvalue weighted by Gasteiger charge is 2.18. The molecule has 1 aliphatic rings. The molecule has 3 rings (SSSR count). The fourth-order valence-electron chi connectivity index (χ4n) is 2.38. The maximum absolute atomic E-state index is 12.0. The van der Waals surface area contributed by atoms with Crippen LogP contribution in [0.25, 0.3) is 11.4 Å². The van der Waals surface area contributed by atoms with Gasteiger partial charge in [0.15, 0.2) is 0 Å². The van der Waals surface area contributed by atoms with Crippen molar-refractivity contribution in [3.8, 4) is 11.4 Å². The minimum Gasteiger partial charge on any atom is -0.326 e. The third kappa shape index (κ3) is 3.00. The van der Waals surface area contributed by atoms with Crippen LogP contribution in [0.2, 0.25) is 0 Å². The molecule has 1 atom stereocenters. The summed E-state index contributed by atoms with van der Waals surface area (Å²) in [6.45, 7) is 1.93. The molecule has 7 nitrogen and oxygen atoms in total. The van der Waals surface area contributed by atoms with Crippen LogP contribution in [-0.2, 0) is 4.79 Å². The number of amides is 1. The molecular formula is C13H16N6O. The van der Waals surface area contributed by atoms with E-state index in [-0.39, 0.29) is 5.91 Å². The molecule has 1 unspecified atom stereocenters. The maximum atomic E-state index is 12.0. The zero-order valence-electron chi connectivity index (χ0n) is 11.0. The Labute approximate surface area is 116 Å². The summed E-state index contributed by atoms with van der Waals surface area (Å²) in [7, 11) is 0. The first-order chi connectivity index (χ1) is 9.81. The van der Waals surface area contributed by atoms with Gasteiger partial charge >= 0.3 is 0 Å². The summed E-state index contributed by atoms with van der Waals surface area (Å²) in [6, 6.07) is 7.43. The normalized spacial score (nSPS) is 18.1. The number of hydrogen-bond donors (Lipinski definition) is 3. The second kappa shape index (κ2) is 5.79. The number of tetrazole rings is 1. The minimum absolute atomic E-state index is 0.0453. The SMILES string of the molecule is O=C(CC1CCNC1)Nc1cccc(-c2nn[nH]n2)c1. The van der Waals surface area contributed by atoms with Crippen LogP contribution >= 0.6 is 0 Å². The molecule has 2 aromatic rings. The first-order valence-corrected chi connectivity index (χ1v) is 6.66. The number of benzene rings is 1. The number of aromatic nitrogens is 4. The van der Waals surface area contributed by atoms with E-state index in [9.17, 15) is 4.79 Å². The number of nitrogens with one attached hydrogen (secondary N) is 3. The van der Waals surface area contributed by atoms with Crippen LogP contribution in [0.15, 0.2) is 24.3 Å². The van der Waals surface area contributed by atoms with E-state index in [0.717, 1.165) is 30.8 Å². The van der Waals surface area contributed by atoms with Crippen molar-refractivity contribution in [2.24, 2.45) is 5.92 Å². The smallest absolute Gasteiger partial charge is 0.224 e. The molecule has 1 aromatic heterocycles. The Morgan fingerprint density at radius 3 is 3.15 bits per heavy atom. The second-order valence-electron chi connectivity index (χ2n) is 4.93. The van der Waals surface area contributed by atoms with Crippen LogP contribution < -0.4 is 10.6 Å². The minimum atomic E-state index is 0.0453. The molecule has 1 saturated heterocycles. The zero-order valence-corrected chi connectivity index (χ0v) is 11.0. The molecule has 0 spiro atoms. The summed E-state index contributed by atoms with van der Waals surface area (Å²) < 4.78 is 0. The first-order valence-electron chi connectivity index (χ1n) is 6.66. The Bertz CT molecular complexity index is 576. The van der Waals surface area contributed by atoms with Crippen LogP contribution in [-0.4, -0.2) is 39.6 Å². The molecule has 20 heavy (non-hydrogen) atoms. The largest absolute Gasteiger partial charge is 0.326 e. The average Bonchev–Trinajstić information content (AvgIpc) is 3.11. The van der Waals surface area contributed by atoms with Crippen molar-refractivity contribution < 1.29 is 4.79 Å². The molecule has 1 aliphatic heterocycles. The van der Waals surface area contributed by atoms with Gasteiger partial charge in [-0.15, -0.1) is 10.2 Å². The quantitative estimate of drug-likeness (QED) is 0.765. The molecule has 0 radical (unpaired) electrons. The fraction of sp³-hybridized carbons (Fsp3) is 0.385. The number of anilines is 1. The van der Waals surface area contributed by atoms with E-state index in [0.29, 0.717) is 18.2 Å². The number of hydrogen-bond acceptors (Lipinski definition) is 5. The summed E-state index contributed by atoms with van der Waals surface area (Å²) in [5, 5.41) is 20.0. The molecule has 0 aliphatic carbocycles. The topological polar surface area (TPSA) is 95.6 Å². The van der Waals surface area contributed by atoms with Crippen molar-refractivity contribution in [2.45, 2.75) is 12.8 Å². The molecular weight excluding hydrogens is 256 g/mol. The lowest BCUT2D eigenvalue weighted by Crippen LogP contribution is -2.18. The van der Waals surface area contributed by atoms with E-state index in [2.05, 4.69) is 31.3 Å². The van der Waals surface area contributed by atoms with Crippen LogP contribution in [0.4, 0.5) is 5.69 Å². The predicted octanol–water partition coefficient (Wildman–Crippen LogP) is 0.805. The lowest BCUT2D eigenvalue weighted by Gasteiger charge is -2.09. The van der Waals surface area contributed by atoms with Gasteiger partial charge in [0.1, 0.15) is 0 Å². The number of aromatic amines is 1. The molecule has 0 bridgehead atoms. The van der Waals surface area contributed by atoms with E-state index >= 15 is 0 Å². The monoisotopic (exact) mass is 272 g/mol. The van der Waals surface area contributed by atoms with Gasteiger partial charge in [0.25, 0.3) is 0 Å². The number of H-pyrrole nitrogens is 1. The second-order valence-corrected chi connectivity index (χ2v) is 4.93. The highest BCUT2D eigenvalue weighted by atomic mass is 16.1. The Morgan fingerprint density at radius 2 is 2.40 bits per heavy atom. The van der Waals surface area contributed by atoms with Gasteiger partial charge in [0.2, 0.25) is 11.7 Å². The molecule has 7 heteroatoms. The van der Waals surface area contributed by atoms with Gasteiger partial charge in [-0.2, -0.15) is 5.21 Å². The summed E-state index contributed by atoms with van der Waals surface area (Å²) in [4.78, 5) is 12.0. The Kier molecular flexibility index (Phi) is 3.69. The van der Waals surface area contributed by atoms with Crippen molar-refractivity contribution in [2.75, 3.05) is 18.4 Å². The Balaban J connectivity index is 1.65. The van der Waals surface area contributed by atoms with Crippen molar-refractivity contribution in [3.05, 3.63) is 24.3 Å². The first kappa shape index (κ1) is 12.7. The van der Waals surface area contributed by atoms with Gasteiger partial charge in [-0.25, -0.2) is 0 Å². The third-order valence-corrected chi connectivity index (χ3v) is 3.39. The summed E-state index contributed by atoms with van der Waals surface area (Å²) in [6.07, 6.45) is 1.62. The number of carbonyl (C=O) groups is 1. The maximum Gasteiger partial charge on any atom is 0.224 e. The Hall–Kier alpha value is -2.28. The summed E-state index contributed by atoms with van der Waals surface area (Å²) in [5.74, 6) is 1.00. The number of nitrogens with zero attached hydrogens (tertiary/aromatic N) is 3. The summed E-state index contributed by atoms with van der Waals surface area (Å²) in [5.41, 5.74) is 1.57. The van der Waals surface area contributed by atoms with E-state index in [1.54, 1.807) is 0 Å². The highest BCUT2D eigenvalue weighted by molar-refractivity contribution is 5.91. The molecule has 0 saturated carbocycles. The number of carbonyl (C=O) groups excluding carboxylic acids is 1. The van der Waals surface area contributed by atoms with Gasteiger partial charge < -0.3 is 10.6 Å². The van der Waals surface area contributed by atoms with Crippen molar-refractivity contribution in [3.63, 3.8) is 0 Å². The molecule has 104 valence electrons. The van der Waals surface area contributed by atoms with Gasteiger partial charge in [-0.05, 0) is 42.8 Å². The molecule has 1 aromatic carbocycles. The molecule has 1 fully saturated rings. The van der Waals surface area contributed by atoms with Crippen LogP contribution in [0.5, 0.6) is 0 Å². The molecule has 2 heterocycles. The van der Waals surface area contributed by atoms with E-state index in [4.69, 9.17) is 0 Å². The van der Waals surface area contributed by atoms with Crippen LogP contribution in [0.1, 0.15) is 12.8 Å². The number of rotatable bonds is 4. The van der Waals surface area contributed by atoms with Gasteiger partial charge in [0, 0.05) is 17.7 Å². The zero-order chi connectivity index (χ0) is 13.8. The average molecular weight is 272 g/mol. The van der Waals surface area contributed by atoms with Gasteiger partial charge in [-0.1, -0.05) is 12.1 Å². The standard InChI is InChI=1S/C13H16N6O/c20-12(6-9-4-5-14-8-9)15-11-3-1-2-10(7-11)13-16-18-19-17-13/h1-3,7,9,14H,4-6,8H2,(H,15,20)(H,16,17,18,19). The van der Waals surface area contributed by atoms with Crippen molar-refractivity contribution >= 4 is 11.6 Å². The molecule has 3 N–H and O–H groups in total. The summed E-state index contributed by atoms with van der Waals surface area (Å²) >= 11 is 0. The van der Waals surface area contributed by atoms with Crippen LogP contribution in [0, 0.1) is 5.92 Å².